The first-order valence-electron chi connectivity index (χ1n) is 5.40. The van der Waals surface area contributed by atoms with Crippen LogP contribution in [0.5, 0.6) is 0 Å². The molecule has 1 saturated heterocycles. The standard InChI is InChI=1S/C10H15ClN4O/c1-2-12-10-13-5-8(11)9(14-10)15-4-3-7(16)6-15/h5,7,16H,2-4,6H2,1H3,(H,12,13,14). The van der Waals surface area contributed by atoms with Crippen LogP contribution in [-0.4, -0.2) is 40.8 Å². The van der Waals surface area contributed by atoms with Gasteiger partial charge in [0.25, 0.3) is 0 Å². The quantitative estimate of drug-likeness (QED) is 0.832. The van der Waals surface area contributed by atoms with Crippen molar-refractivity contribution < 1.29 is 5.11 Å². The number of hydrogen-bond donors (Lipinski definition) is 2. The largest absolute Gasteiger partial charge is 0.391 e. The number of aliphatic hydroxyl groups excluding tert-OH is 1. The Bertz CT molecular complexity index is 374. The molecule has 0 aromatic carbocycles. The van der Waals surface area contributed by atoms with E-state index in [1.165, 1.54) is 0 Å². The van der Waals surface area contributed by atoms with E-state index in [0.29, 0.717) is 23.3 Å². The van der Waals surface area contributed by atoms with Gasteiger partial charge in [-0.1, -0.05) is 11.6 Å². The van der Waals surface area contributed by atoms with Gasteiger partial charge < -0.3 is 15.3 Å². The molecule has 1 atom stereocenters. The third-order valence-corrected chi connectivity index (χ3v) is 2.79. The number of rotatable bonds is 3. The number of hydrogen-bond acceptors (Lipinski definition) is 5. The number of halogens is 1. The molecule has 0 radical (unpaired) electrons. The third-order valence-electron chi connectivity index (χ3n) is 2.52. The van der Waals surface area contributed by atoms with Crippen molar-refractivity contribution in [3.63, 3.8) is 0 Å². The maximum atomic E-state index is 9.48. The third kappa shape index (κ3) is 2.36. The zero-order valence-corrected chi connectivity index (χ0v) is 9.91. The summed E-state index contributed by atoms with van der Waals surface area (Å²) in [5, 5.41) is 13.0. The summed E-state index contributed by atoms with van der Waals surface area (Å²) in [6, 6.07) is 0. The van der Waals surface area contributed by atoms with Crippen molar-refractivity contribution in [3.8, 4) is 0 Å². The molecule has 0 bridgehead atoms. The molecular formula is C10H15ClN4O. The Balaban J connectivity index is 2.21. The highest BCUT2D eigenvalue weighted by Crippen LogP contribution is 2.26. The number of nitrogens with one attached hydrogen (secondary N) is 1. The Morgan fingerprint density at radius 3 is 3.12 bits per heavy atom. The van der Waals surface area contributed by atoms with Crippen LogP contribution in [0.15, 0.2) is 6.20 Å². The van der Waals surface area contributed by atoms with E-state index in [-0.39, 0.29) is 6.10 Å². The van der Waals surface area contributed by atoms with Crippen molar-refractivity contribution >= 4 is 23.4 Å². The summed E-state index contributed by atoms with van der Waals surface area (Å²) < 4.78 is 0. The lowest BCUT2D eigenvalue weighted by molar-refractivity contribution is 0.198. The van der Waals surface area contributed by atoms with Crippen LogP contribution in [0.2, 0.25) is 5.02 Å². The second kappa shape index (κ2) is 4.84. The summed E-state index contributed by atoms with van der Waals surface area (Å²) in [4.78, 5) is 10.4. The van der Waals surface area contributed by atoms with E-state index in [9.17, 15) is 5.11 Å². The molecule has 1 aromatic heterocycles. The van der Waals surface area contributed by atoms with E-state index in [1.54, 1.807) is 6.20 Å². The lowest BCUT2D eigenvalue weighted by Gasteiger charge is -2.18. The first-order chi connectivity index (χ1) is 7.70. The van der Waals surface area contributed by atoms with Crippen molar-refractivity contribution in [3.05, 3.63) is 11.2 Å². The van der Waals surface area contributed by atoms with Gasteiger partial charge in [-0.15, -0.1) is 0 Å². The lowest BCUT2D eigenvalue weighted by atomic mass is 10.3. The zero-order valence-electron chi connectivity index (χ0n) is 9.15. The van der Waals surface area contributed by atoms with Gasteiger partial charge in [0.05, 0.1) is 12.3 Å². The van der Waals surface area contributed by atoms with Crippen molar-refractivity contribution in [2.75, 3.05) is 29.9 Å². The fourth-order valence-electron chi connectivity index (χ4n) is 1.76. The van der Waals surface area contributed by atoms with Crippen LogP contribution in [0, 0.1) is 0 Å². The number of aliphatic hydroxyl groups is 1. The Morgan fingerprint density at radius 1 is 1.69 bits per heavy atom. The Morgan fingerprint density at radius 2 is 2.50 bits per heavy atom. The molecule has 1 aromatic rings. The average molecular weight is 243 g/mol. The van der Waals surface area contributed by atoms with Crippen LogP contribution in [0.3, 0.4) is 0 Å². The van der Waals surface area contributed by atoms with E-state index in [2.05, 4.69) is 15.3 Å². The molecule has 2 N–H and O–H groups in total. The van der Waals surface area contributed by atoms with Crippen LogP contribution in [0.25, 0.3) is 0 Å². The SMILES string of the molecule is CCNc1ncc(Cl)c(N2CCC(O)C2)n1. The Labute approximate surface area is 99.5 Å². The topological polar surface area (TPSA) is 61.3 Å². The van der Waals surface area contributed by atoms with Gasteiger partial charge in [-0.25, -0.2) is 4.98 Å². The normalized spacial score (nSPS) is 20.2. The second-order valence-electron chi connectivity index (χ2n) is 3.78. The summed E-state index contributed by atoms with van der Waals surface area (Å²) in [5.41, 5.74) is 0. The van der Waals surface area contributed by atoms with Gasteiger partial charge in [0.2, 0.25) is 5.95 Å². The van der Waals surface area contributed by atoms with Crippen LogP contribution in [-0.2, 0) is 0 Å². The smallest absolute Gasteiger partial charge is 0.224 e. The molecule has 2 rings (SSSR count). The average Bonchev–Trinajstić information content (AvgIpc) is 2.68. The maximum absolute atomic E-state index is 9.48. The molecule has 16 heavy (non-hydrogen) atoms. The fraction of sp³-hybridized carbons (Fsp3) is 0.600. The summed E-state index contributed by atoms with van der Waals surface area (Å²) in [5.74, 6) is 1.27. The maximum Gasteiger partial charge on any atom is 0.224 e. The van der Waals surface area contributed by atoms with Crippen molar-refractivity contribution in [2.24, 2.45) is 0 Å². The van der Waals surface area contributed by atoms with E-state index in [4.69, 9.17) is 11.6 Å². The van der Waals surface area contributed by atoms with E-state index in [0.717, 1.165) is 19.5 Å². The minimum absolute atomic E-state index is 0.284. The molecule has 5 nitrogen and oxygen atoms in total. The highest BCUT2D eigenvalue weighted by atomic mass is 35.5. The molecular weight excluding hydrogens is 228 g/mol. The first kappa shape index (κ1) is 11.4. The number of β-amino-alcohol motifs (C(OH)–C–C–N with tert-alkyl or cyclic N) is 1. The lowest BCUT2D eigenvalue weighted by Crippen LogP contribution is -2.23. The summed E-state index contributed by atoms with van der Waals surface area (Å²) in [6.07, 6.45) is 2.07. The minimum atomic E-state index is -0.284. The van der Waals surface area contributed by atoms with Crippen LogP contribution in [0.4, 0.5) is 11.8 Å². The Hall–Kier alpha value is -1.07. The molecule has 0 aliphatic carbocycles. The molecule has 1 fully saturated rings. The van der Waals surface area contributed by atoms with Crippen molar-refractivity contribution in [1.82, 2.24) is 9.97 Å². The highest BCUT2D eigenvalue weighted by molar-refractivity contribution is 6.32. The van der Waals surface area contributed by atoms with Crippen molar-refractivity contribution in [1.29, 1.82) is 0 Å². The highest BCUT2D eigenvalue weighted by Gasteiger charge is 2.23. The molecule has 1 aliphatic rings. The summed E-state index contributed by atoms with van der Waals surface area (Å²) >= 11 is 6.05. The molecule has 0 saturated carbocycles. The summed E-state index contributed by atoms with van der Waals surface area (Å²) in [7, 11) is 0. The monoisotopic (exact) mass is 242 g/mol. The van der Waals surface area contributed by atoms with E-state index in [1.807, 2.05) is 11.8 Å². The van der Waals surface area contributed by atoms with E-state index >= 15 is 0 Å². The van der Waals surface area contributed by atoms with Gasteiger partial charge in [0, 0.05) is 19.6 Å². The second-order valence-corrected chi connectivity index (χ2v) is 4.19. The fourth-order valence-corrected chi connectivity index (χ4v) is 1.97. The predicted octanol–water partition coefficient (Wildman–Crippen LogP) is 1.13. The van der Waals surface area contributed by atoms with Crippen LogP contribution >= 0.6 is 11.6 Å². The molecule has 1 unspecified atom stereocenters. The molecule has 0 spiro atoms. The van der Waals surface area contributed by atoms with Gasteiger partial charge >= 0.3 is 0 Å². The molecule has 2 heterocycles. The molecule has 88 valence electrons. The predicted molar refractivity (Wildman–Crippen MR) is 64.0 cm³/mol. The number of aromatic nitrogens is 2. The number of anilines is 2. The van der Waals surface area contributed by atoms with Gasteiger partial charge in [0.15, 0.2) is 5.82 Å². The number of nitrogens with zero attached hydrogens (tertiary/aromatic N) is 3. The van der Waals surface area contributed by atoms with Crippen LogP contribution < -0.4 is 10.2 Å². The van der Waals surface area contributed by atoms with Gasteiger partial charge in [-0.05, 0) is 13.3 Å². The van der Waals surface area contributed by atoms with E-state index < -0.39 is 0 Å². The van der Waals surface area contributed by atoms with Crippen LogP contribution in [0.1, 0.15) is 13.3 Å². The van der Waals surface area contributed by atoms with Gasteiger partial charge in [-0.3, -0.25) is 0 Å². The minimum Gasteiger partial charge on any atom is -0.391 e. The first-order valence-corrected chi connectivity index (χ1v) is 5.78. The Kier molecular flexibility index (Phi) is 3.46. The van der Waals surface area contributed by atoms with Crippen molar-refractivity contribution in [2.45, 2.75) is 19.4 Å². The molecule has 0 amide bonds. The molecule has 1 aliphatic heterocycles. The molecule has 6 heteroatoms. The van der Waals surface area contributed by atoms with Gasteiger partial charge in [-0.2, -0.15) is 4.98 Å². The van der Waals surface area contributed by atoms with Gasteiger partial charge in [0.1, 0.15) is 5.02 Å². The zero-order chi connectivity index (χ0) is 11.5. The summed E-state index contributed by atoms with van der Waals surface area (Å²) in [6.45, 7) is 4.12.